The van der Waals surface area contributed by atoms with Crippen LogP contribution in [0.4, 0.5) is 0 Å². The fourth-order valence-electron chi connectivity index (χ4n) is 0.684. The molecule has 0 unspecified atom stereocenters. The van der Waals surface area contributed by atoms with Crippen LogP contribution in [0.5, 0.6) is 0 Å². The first-order chi connectivity index (χ1) is 6.49. The maximum absolute atomic E-state index is 10.5. The summed E-state index contributed by atoms with van der Waals surface area (Å²) in [4.78, 5) is 17.1. The highest BCUT2D eigenvalue weighted by molar-refractivity contribution is 7.51. The Kier molecular flexibility index (Phi) is 7.66. The molecule has 0 aliphatic carbocycles. The molecule has 0 radical (unpaired) electrons. The summed E-state index contributed by atoms with van der Waals surface area (Å²) >= 11 is 0. The summed E-state index contributed by atoms with van der Waals surface area (Å²) in [5.41, 5.74) is 0. The van der Waals surface area contributed by atoms with Crippen molar-refractivity contribution in [1.29, 1.82) is 0 Å². The van der Waals surface area contributed by atoms with Crippen LogP contribution in [0.1, 0.15) is 13.8 Å². The second kappa shape index (κ2) is 7.53. The van der Waals surface area contributed by atoms with Gasteiger partial charge in [0, 0.05) is 19.8 Å². The second-order valence-corrected chi connectivity index (χ2v) is 5.81. The molecule has 0 bridgehead atoms. The lowest BCUT2D eigenvalue weighted by Crippen LogP contribution is -2.28. The van der Waals surface area contributed by atoms with Gasteiger partial charge in [0.05, 0.1) is 6.16 Å². The van der Waals surface area contributed by atoms with Crippen molar-refractivity contribution in [2.75, 3.05) is 26.0 Å². The molecule has 0 aliphatic heterocycles. The first-order valence-corrected chi connectivity index (χ1v) is 7.60. The van der Waals surface area contributed by atoms with Crippen molar-refractivity contribution in [3.05, 3.63) is 0 Å². The molecule has 0 fully saturated rings. The molecule has 0 spiro atoms. The Morgan fingerprint density at radius 3 is 2.00 bits per heavy atom. The van der Waals surface area contributed by atoms with Gasteiger partial charge in [-0.15, -0.1) is 0 Å². The largest absolute Gasteiger partial charge is 0.484 e. The lowest BCUT2D eigenvalue weighted by Gasteiger charge is -2.14. The molecule has 86 valence electrons. The minimum atomic E-state index is -3.97. The Morgan fingerprint density at radius 2 is 1.64 bits per heavy atom. The molecule has 0 saturated heterocycles. The molecular weight excluding hydrogens is 227 g/mol. The minimum absolute atomic E-state index is 0.0266. The van der Waals surface area contributed by atoms with Gasteiger partial charge in [0.25, 0.3) is 0 Å². The molecule has 2 N–H and O–H groups in total. The standard InChI is InChI=1S/C6H17O6PSi/c1-3-10-14(11-4-2)12-5-6-13(7,8)9/h14H,3-6H2,1-2H3,(H2,7,8,9). The summed E-state index contributed by atoms with van der Waals surface area (Å²) in [6.45, 7) is 4.55. The molecule has 0 rings (SSSR count). The van der Waals surface area contributed by atoms with E-state index in [4.69, 9.17) is 23.1 Å². The van der Waals surface area contributed by atoms with E-state index in [1.165, 1.54) is 0 Å². The summed E-state index contributed by atoms with van der Waals surface area (Å²) in [7, 11) is -6.14. The highest BCUT2D eigenvalue weighted by Gasteiger charge is 2.17. The third-order valence-corrected chi connectivity index (χ3v) is 3.73. The summed E-state index contributed by atoms with van der Waals surface area (Å²) in [5.74, 6) is 0. The molecule has 0 saturated carbocycles. The summed E-state index contributed by atoms with van der Waals surface area (Å²) in [5, 5.41) is 0. The smallest absolute Gasteiger partial charge is 0.376 e. The van der Waals surface area contributed by atoms with Crippen LogP contribution in [0.25, 0.3) is 0 Å². The van der Waals surface area contributed by atoms with Gasteiger partial charge in [-0.2, -0.15) is 0 Å². The summed E-state index contributed by atoms with van der Waals surface area (Å²) in [6.07, 6.45) is -0.295. The average molecular weight is 244 g/mol. The molecule has 0 aromatic rings. The molecule has 0 heterocycles. The Morgan fingerprint density at radius 1 is 1.14 bits per heavy atom. The molecule has 0 aliphatic rings. The monoisotopic (exact) mass is 244 g/mol. The Balaban J connectivity index is 3.65. The van der Waals surface area contributed by atoms with Crippen LogP contribution < -0.4 is 0 Å². The third-order valence-electron chi connectivity index (χ3n) is 1.24. The van der Waals surface area contributed by atoms with Crippen molar-refractivity contribution in [1.82, 2.24) is 0 Å². The SMILES string of the molecule is CCO[SiH](OCC)OCCP(=O)(O)O. The van der Waals surface area contributed by atoms with E-state index in [2.05, 4.69) is 0 Å². The van der Waals surface area contributed by atoms with Gasteiger partial charge >= 0.3 is 17.1 Å². The lowest BCUT2D eigenvalue weighted by molar-refractivity contribution is 0.106. The molecule has 0 aromatic carbocycles. The molecule has 0 atom stereocenters. The highest BCUT2D eigenvalue weighted by Crippen LogP contribution is 2.33. The Hall–Kier alpha value is 0.247. The van der Waals surface area contributed by atoms with Crippen LogP contribution in [0.15, 0.2) is 0 Å². The summed E-state index contributed by atoms with van der Waals surface area (Å²) < 4.78 is 25.9. The highest BCUT2D eigenvalue weighted by atomic mass is 31.2. The van der Waals surface area contributed by atoms with Crippen molar-refractivity contribution in [2.24, 2.45) is 0 Å². The lowest BCUT2D eigenvalue weighted by atomic mass is 10.9. The fraction of sp³-hybridized carbons (Fsp3) is 1.00. The van der Waals surface area contributed by atoms with Gasteiger partial charge in [-0.25, -0.2) is 0 Å². The molecule has 0 amide bonds. The van der Waals surface area contributed by atoms with Crippen molar-refractivity contribution >= 4 is 17.1 Å². The van der Waals surface area contributed by atoms with Gasteiger partial charge in [0.2, 0.25) is 0 Å². The summed E-state index contributed by atoms with van der Waals surface area (Å²) in [6, 6.07) is 0. The van der Waals surface area contributed by atoms with Crippen LogP contribution in [0.3, 0.4) is 0 Å². The molecular formula is C6H17O6PSi. The maximum Gasteiger partial charge on any atom is 0.484 e. The fourth-order valence-corrected chi connectivity index (χ4v) is 2.37. The van der Waals surface area contributed by atoms with Gasteiger partial charge < -0.3 is 23.1 Å². The van der Waals surface area contributed by atoms with Crippen LogP contribution in [-0.2, 0) is 17.8 Å². The minimum Gasteiger partial charge on any atom is -0.376 e. The number of hydrogen-bond donors (Lipinski definition) is 2. The van der Waals surface area contributed by atoms with Gasteiger partial charge in [-0.1, -0.05) is 0 Å². The van der Waals surface area contributed by atoms with Gasteiger partial charge in [0.15, 0.2) is 0 Å². The van der Waals surface area contributed by atoms with Gasteiger partial charge in [-0.3, -0.25) is 4.57 Å². The van der Waals surface area contributed by atoms with E-state index in [-0.39, 0.29) is 12.8 Å². The third kappa shape index (κ3) is 8.83. The molecule has 0 aromatic heterocycles. The zero-order valence-electron chi connectivity index (χ0n) is 8.38. The second-order valence-electron chi connectivity index (χ2n) is 2.46. The maximum atomic E-state index is 10.5. The number of rotatable bonds is 8. The molecule has 6 nitrogen and oxygen atoms in total. The Bertz CT molecular complexity index is 177. The zero-order chi connectivity index (χ0) is 11.0. The first kappa shape index (κ1) is 14.2. The van der Waals surface area contributed by atoms with Gasteiger partial charge in [0.1, 0.15) is 0 Å². The van der Waals surface area contributed by atoms with Crippen molar-refractivity contribution < 1.29 is 27.6 Å². The van der Waals surface area contributed by atoms with Crippen molar-refractivity contribution in [3.8, 4) is 0 Å². The van der Waals surface area contributed by atoms with E-state index < -0.39 is 17.1 Å². The first-order valence-electron chi connectivity index (χ1n) is 4.39. The van der Waals surface area contributed by atoms with Gasteiger partial charge in [-0.05, 0) is 13.8 Å². The predicted molar refractivity (Wildman–Crippen MR) is 53.3 cm³/mol. The van der Waals surface area contributed by atoms with E-state index in [1.807, 2.05) is 13.8 Å². The quantitative estimate of drug-likeness (QED) is 0.461. The number of hydrogen-bond acceptors (Lipinski definition) is 4. The van der Waals surface area contributed by atoms with E-state index >= 15 is 0 Å². The van der Waals surface area contributed by atoms with E-state index in [9.17, 15) is 4.57 Å². The zero-order valence-corrected chi connectivity index (χ0v) is 10.4. The van der Waals surface area contributed by atoms with E-state index in [0.29, 0.717) is 13.2 Å². The normalized spacial score (nSPS) is 12.4. The average Bonchev–Trinajstić information content (AvgIpc) is 2.02. The Labute approximate surface area is 85.3 Å². The van der Waals surface area contributed by atoms with E-state index in [0.717, 1.165) is 0 Å². The van der Waals surface area contributed by atoms with Crippen LogP contribution in [-0.4, -0.2) is 45.3 Å². The van der Waals surface area contributed by atoms with Crippen LogP contribution in [0, 0.1) is 0 Å². The van der Waals surface area contributed by atoms with E-state index in [1.54, 1.807) is 0 Å². The van der Waals surface area contributed by atoms with Crippen molar-refractivity contribution in [2.45, 2.75) is 13.8 Å². The topological polar surface area (TPSA) is 85.2 Å². The molecule has 8 heteroatoms. The van der Waals surface area contributed by atoms with Crippen LogP contribution >= 0.6 is 7.60 Å². The molecule has 14 heavy (non-hydrogen) atoms. The predicted octanol–water partition coefficient (Wildman–Crippen LogP) is -0.0291. The van der Waals surface area contributed by atoms with Crippen LogP contribution in [0.2, 0.25) is 0 Å². The van der Waals surface area contributed by atoms with Crippen molar-refractivity contribution in [3.63, 3.8) is 0 Å².